The van der Waals surface area contributed by atoms with Gasteiger partial charge in [0, 0.05) is 17.3 Å². The Labute approximate surface area is 109 Å². The van der Waals surface area contributed by atoms with Crippen molar-refractivity contribution < 1.29 is 4.79 Å². The van der Waals surface area contributed by atoms with Gasteiger partial charge in [-0.3, -0.25) is 4.79 Å². The first-order chi connectivity index (χ1) is 7.71. The molecule has 3 nitrogen and oxygen atoms in total. The highest BCUT2D eigenvalue weighted by atomic mass is 32.2. The molecule has 0 aromatic carbocycles. The largest absolute Gasteiger partial charge is 0.352 e. The first kappa shape index (κ1) is 14.8. The molecule has 0 spiro atoms. The summed E-state index contributed by atoms with van der Waals surface area (Å²) in [5.41, 5.74) is 0.153. The molecule has 1 saturated heterocycles. The van der Waals surface area contributed by atoms with E-state index in [-0.39, 0.29) is 16.1 Å². The van der Waals surface area contributed by atoms with Gasteiger partial charge < -0.3 is 10.6 Å². The van der Waals surface area contributed by atoms with Crippen molar-refractivity contribution in [2.45, 2.75) is 51.8 Å². The molecule has 17 heavy (non-hydrogen) atoms. The summed E-state index contributed by atoms with van der Waals surface area (Å²) in [6, 6.07) is 0.303. The van der Waals surface area contributed by atoms with Crippen LogP contribution >= 0.6 is 11.8 Å². The average Bonchev–Trinajstić information content (AvgIpc) is 2.17. The van der Waals surface area contributed by atoms with Crippen molar-refractivity contribution >= 4 is 17.7 Å². The maximum Gasteiger partial charge on any atom is 0.230 e. The third-order valence-electron chi connectivity index (χ3n) is 3.11. The van der Waals surface area contributed by atoms with Crippen molar-refractivity contribution in [3.8, 4) is 0 Å². The topological polar surface area (TPSA) is 41.1 Å². The number of carbonyl (C=O) groups is 1. The van der Waals surface area contributed by atoms with Gasteiger partial charge in [-0.1, -0.05) is 34.6 Å². The Bertz CT molecular complexity index is 271. The summed E-state index contributed by atoms with van der Waals surface area (Å²) in [5, 5.41) is 6.56. The van der Waals surface area contributed by atoms with E-state index >= 15 is 0 Å². The normalized spacial score (nSPS) is 24.4. The molecule has 1 aliphatic heterocycles. The van der Waals surface area contributed by atoms with Crippen LogP contribution in [0.15, 0.2) is 0 Å². The van der Waals surface area contributed by atoms with Crippen LogP contribution in [-0.2, 0) is 4.79 Å². The molecule has 0 bridgehead atoms. The Morgan fingerprint density at radius 1 is 1.47 bits per heavy atom. The average molecular weight is 258 g/mol. The first-order valence-corrected chi connectivity index (χ1v) is 7.33. The van der Waals surface area contributed by atoms with E-state index in [1.54, 1.807) is 11.8 Å². The zero-order valence-corrected chi connectivity index (χ0v) is 12.5. The molecule has 100 valence electrons. The number of nitrogens with one attached hydrogen (secondary N) is 2. The van der Waals surface area contributed by atoms with Crippen LogP contribution in [0.3, 0.4) is 0 Å². The van der Waals surface area contributed by atoms with E-state index in [9.17, 15) is 4.79 Å². The lowest BCUT2D eigenvalue weighted by Gasteiger charge is -2.39. The molecule has 1 rings (SSSR count). The summed E-state index contributed by atoms with van der Waals surface area (Å²) in [4.78, 5) is 11.9. The number of hydrogen-bond donors (Lipinski definition) is 2. The summed E-state index contributed by atoms with van der Waals surface area (Å²) in [6.45, 7) is 12.8. The molecule has 4 heteroatoms. The zero-order chi connectivity index (χ0) is 13.1. The third-order valence-corrected chi connectivity index (χ3v) is 4.38. The minimum absolute atomic E-state index is 0.153. The smallest absolute Gasteiger partial charge is 0.230 e. The lowest BCUT2D eigenvalue weighted by molar-refractivity contribution is -0.120. The number of amides is 1. The SMILES string of the molecule is CC(C)(C)SCC(=O)NC1CCNCC1(C)C. The lowest BCUT2D eigenvalue weighted by Crippen LogP contribution is -2.54. The molecule has 1 fully saturated rings. The highest BCUT2D eigenvalue weighted by Crippen LogP contribution is 2.26. The first-order valence-electron chi connectivity index (χ1n) is 6.35. The quantitative estimate of drug-likeness (QED) is 0.814. The minimum Gasteiger partial charge on any atom is -0.352 e. The Hall–Kier alpha value is -0.220. The molecule has 0 aromatic heterocycles. The van der Waals surface area contributed by atoms with Crippen LogP contribution in [0, 0.1) is 5.41 Å². The molecule has 1 amide bonds. The van der Waals surface area contributed by atoms with Crippen LogP contribution in [0.25, 0.3) is 0 Å². The standard InChI is InChI=1S/C13H26N2OS/c1-12(2,3)17-8-11(16)15-10-6-7-14-9-13(10,4)5/h10,14H,6-9H2,1-5H3,(H,15,16). The molecular formula is C13H26N2OS. The third kappa shape index (κ3) is 5.30. The van der Waals surface area contributed by atoms with Crippen molar-refractivity contribution in [1.29, 1.82) is 0 Å². The van der Waals surface area contributed by atoms with Crippen LogP contribution in [0.2, 0.25) is 0 Å². The lowest BCUT2D eigenvalue weighted by atomic mass is 9.80. The van der Waals surface area contributed by atoms with Crippen molar-refractivity contribution in [3.05, 3.63) is 0 Å². The molecule has 1 unspecified atom stereocenters. The number of thioether (sulfide) groups is 1. The molecule has 0 aromatic rings. The van der Waals surface area contributed by atoms with Crippen molar-refractivity contribution in [1.82, 2.24) is 10.6 Å². The number of rotatable bonds is 3. The molecule has 1 atom stereocenters. The summed E-state index contributed by atoms with van der Waals surface area (Å²) >= 11 is 1.70. The maximum absolute atomic E-state index is 11.9. The van der Waals surface area contributed by atoms with Gasteiger partial charge in [-0.05, 0) is 18.4 Å². The van der Waals surface area contributed by atoms with E-state index in [0.29, 0.717) is 11.8 Å². The van der Waals surface area contributed by atoms with E-state index < -0.39 is 0 Å². The molecule has 0 aliphatic carbocycles. The van der Waals surface area contributed by atoms with Gasteiger partial charge in [-0.2, -0.15) is 0 Å². The predicted octanol–water partition coefficient (Wildman–Crippen LogP) is 2.02. The highest BCUT2D eigenvalue weighted by molar-refractivity contribution is 8.01. The predicted molar refractivity (Wildman–Crippen MR) is 75.4 cm³/mol. The Balaban J connectivity index is 2.40. The van der Waals surface area contributed by atoms with Crippen LogP contribution in [0.5, 0.6) is 0 Å². The number of carbonyl (C=O) groups excluding carboxylic acids is 1. The van der Waals surface area contributed by atoms with Gasteiger partial charge in [0.15, 0.2) is 0 Å². The van der Waals surface area contributed by atoms with Crippen LogP contribution < -0.4 is 10.6 Å². The Kier molecular flexibility index (Phi) is 4.90. The highest BCUT2D eigenvalue weighted by Gasteiger charge is 2.33. The maximum atomic E-state index is 11.9. The van der Waals surface area contributed by atoms with Crippen LogP contribution in [-0.4, -0.2) is 35.5 Å². The zero-order valence-electron chi connectivity index (χ0n) is 11.7. The molecule has 1 heterocycles. The Morgan fingerprint density at radius 3 is 2.65 bits per heavy atom. The second-order valence-electron chi connectivity index (χ2n) is 6.48. The van der Waals surface area contributed by atoms with Crippen molar-refractivity contribution in [2.24, 2.45) is 5.41 Å². The fourth-order valence-electron chi connectivity index (χ4n) is 1.96. The van der Waals surface area contributed by atoms with E-state index in [1.807, 2.05) is 0 Å². The molecule has 0 radical (unpaired) electrons. The van der Waals surface area contributed by atoms with Crippen LogP contribution in [0.4, 0.5) is 0 Å². The number of hydrogen-bond acceptors (Lipinski definition) is 3. The minimum atomic E-state index is 0.153. The summed E-state index contributed by atoms with van der Waals surface area (Å²) in [5.74, 6) is 0.730. The van der Waals surface area contributed by atoms with Gasteiger partial charge in [0.2, 0.25) is 5.91 Å². The monoisotopic (exact) mass is 258 g/mol. The molecule has 0 saturated carbocycles. The Morgan fingerprint density at radius 2 is 2.12 bits per heavy atom. The van der Waals surface area contributed by atoms with Crippen molar-refractivity contribution in [3.63, 3.8) is 0 Å². The van der Waals surface area contributed by atoms with Crippen LogP contribution in [0.1, 0.15) is 41.0 Å². The molecular weight excluding hydrogens is 232 g/mol. The second kappa shape index (κ2) is 5.61. The molecule has 1 aliphatic rings. The number of piperidine rings is 1. The van der Waals surface area contributed by atoms with Gasteiger partial charge in [0.05, 0.1) is 5.75 Å². The fourth-order valence-corrected chi connectivity index (χ4v) is 2.60. The van der Waals surface area contributed by atoms with E-state index in [1.165, 1.54) is 0 Å². The summed E-state index contributed by atoms with van der Waals surface area (Å²) < 4.78 is 0.154. The van der Waals surface area contributed by atoms with E-state index in [2.05, 4.69) is 45.3 Å². The van der Waals surface area contributed by atoms with E-state index in [4.69, 9.17) is 0 Å². The summed E-state index contributed by atoms with van der Waals surface area (Å²) in [7, 11) is 0. The molecule has 2 N–H and O–H groups in total. The van der Waals surface area contributed by atoms with Gasteiger partial charge in [0.25, 0.3) is 0 Å². The fraction of sp³-hybridized carbons (Fsp3) is 0.923. The van der Waals surface area contributed by atoms with Gasteiger partial charge in [-0.15, -0.1) is 11.8 Å². The van der Waals surface area contributed by atoms with Crippen molar-refractivity contribution in [2.75, 3.05) is 18.8 Å². The van der Waals surface area contributed by atoms with Gasteiger partial charge in [0.1, 0.15) is 0 Å². The summed E-state index contributed by atoms with van der Waals surface area (Å²) in [6.07, 6.45) is 1.03. The second-order valence-corrected chi connectivity index (χ2v) is 8.28. The van der Waals surface area contributed by atoms with E-state index in [0.717, 1.165) is 19.5 Å². The van der Waals surface area contributed by atoms with Gasteiger partial charge >= 0.3 is 0 Å². The van der Waals surface area contributed by atoms with Gasteiger partial charge in [-0.25, -0.2) is 0 Å².